The van der Waals surface area contributed by atoms with Crippen LogP contribution in [0.3, 0.4) is 0 Å². The Bertz CT molecular complexity index is 542. The number of hydrogen-bond donors (Lipinski definition) is 2. The minimum Gasteiger partial charge on any atom is -0.503 e. The Morgan fingerprint density at radius 3 is 2.88 bits per heavy atom. The van der Waals surface area contributed by atoms with Gasteiger partial charge in [-0.2, -0.15) is 4.98 Å². The summed E-state index contributed by atoms with van der Waals surface area (Å²) in [6.45, 7) is 0.165. The zero-order valence-corrected chi connectivity index (χ0v) is 10.6. The largest absolute Gasteiger partial charge is 0.503 e. The first-order valence-corrected chi connectivity index (χ1v) is 5.55. The first kappa shape index (κ1) is 11.9. The molecular formula is C10H10BrN3O3. The van der Waals surface area contributed by atoms with E-state index in [1.54, 1.807) is 12.1 Å². The van der Waals surface area contributed by atoms with Gasteiger partial charge in [-0.05, 0) is 28.1 Å². The normalized spacial score (nSPS) is 10.5. The summed E-state index contributed by atoms with van der Waals surface area (Å²) >= 11 is 3.20. The number of rotatable bonds is 3. The lowest BCUT2D eigenvalue weighted by Crippen LogP contribution is -1.96. The van der Waals surface area contributed by atoms with Gasteiger partial charge in [-0.1, -0.05) is 5.16 Å². The molecular weight excluding hydrogens is 290 g/mol. The Labute approximate surface area is 106 Å². The van der Waals surface area contributed by atoms with E-state index < -0.39 is 0 Å². The number of halogens is 1. The topological polar surface area (TPSA) is 94.4 Å². The third-order valence-electron chi connectivity index (χ3n) is 2.17. The number of benzene rings is 1. The summed E-state index contributed by atoms with van der Waals surface area (Å²) in [5.74, 6) is 0.919. The molecule has 0 radical (unpaired) electrons. The fourth-order valence-corrected chi connectivity index (χ4v) is 1.69. The van der Waals surface area contributed by atoms with Crippen molar-refractivity contribution >= 4 is 15.9 Å². The lowest BCUT2D eigenvalue weighted by Gasteiger charge is -2.08. The molecule has 6 nitrogen and oxygen atoms in total. The minimum absolute atomic E-state index is 0.0101. The molecule has 0 aliphatic heterocycles. The van der Waals surface area contributed by atoms with Gasteiger partial charge in [0.25, 0.3) is 0 Å². The molecule has 3 N–H and O–H groups in total. The molecule has 2 aromatic rings. The molecule has 17 heavy (non-hydrogen) atoms. The lowest BCUT2D eigenvalue weighted by molar-refractivity contribution is 0.370. The molecule has 0 saturated heterocycles. The Morgan fingerprint density at radius 2 is 2.29 bits per heavy atom. The van der Waals surface area contributed by atoms with Crippen molar-refractivity contribution in [3.63, 3.8) is 0 Å². The van der Waals surface area contributed by atoms with Gasteiger partial charge in [0, 0.05) is 0 Å². The first-order valence-electron chi connectivity index (χ1n) is 4.75. The number of ether oxygens (including phenoxy) is 1. The van der Waals surface area contributed by atoms with Gasteiger partial charge >= 0.3 is 0 Å². The van der Waals surface area contributed by atoms with Crippen molar-refractivity contribution in [2.24, 2.45) is 5.73 Å². The van der Waals surface area contributed by atoms with Gasteiger partial charge in [0.2, 0.25) is 11.7 Å². The molecule has 0 amide bonds. The Morgan fingerprint density at radius 1 is 1.53 bits per heavy atom. The number of nitrogens with two attached hydrogens (primary N) is 1. The highest BCUT2D eigenvalue weighted by molar-refractivity contribution is 9.10. The number of aromatic hydroxyl groups is 1. The van der Waals surface area contributed by atoms with Crippen LogP contribution in [0.2, 0.25) is 0 Å². The summed E-state index contributed by atoms with van der Waals surface area (Å²) in [6.07, 6.45) is 0. The van der Waals surface area contributed by atoms with Crippen LogP contribution < -0.4 is 10.5 Å². The van der Waals surface area contributed by atoms with Crippen LogP contribution in [-0.2, 0) is 6.54 Å². The SMILES string of the molecule is COc1c(-c2noc(CN)n2)ccc(Br)c1O. The van der Waals surface area contributed by atoms with Gasteiger partial charge in [0.15, 0.2) is 11.5 Å². The predicted molar refractivity (Wildman–Crippen MR) is 63.5 cm³/mol. The van der Waals surface area contributed by atoms with Crippen LogP contribution >= 0.6 is 15.9 Å². The second-order valence-electron chi connectivity index (χ2n) is 3.19. The highest BCUT2D eigenvalue weighted by Gasteiger charge is 2.17. The van der Waals surface area contributed by atoms with Gasteiger partial charge in [-0.15, -0.1) is 0 Å². The Kier molecular flexibility index (Phi) is 3.30. The molecule has 0 aliphatic carbocycles. The van der Waals surface area contributed by atoms with E-state index >= 15 is 0 Å². The van der Waals surface area contributed by atoms with Crippen molar-refractivity contribution in [3.8, 4) is 22.9 Å². The van der Waals surface area contributed by atoms with E-state index in [0.29, 0.717) is 21.8 Å². The molecule has 0 fully saturated rings. The Balaban J connectivity index is 2.55. The number of methoxy groups -OCH3 is 1. The third-order valence-corrected chi connectivity index (χ3v) is 2.81. The van der Waals surface area contributed by atoms with E-state index in [9.17, 15) is 5.11 Å². The van der Waals surface area contributed by atoms with Crippen molar-refractivity contribution in [2.45, 2.75) is 6.54 Å². The quantitative estimate of drug-likeness (QED) is 0.895. The Hall–Kier alpha value is -1.60. The maximum absolute atomic E-state index is 9.82. The van der Waals surface area contributed by atoms with Crippen LogP contribution in [0.4, 0.5) is 0 Å². The van der Waals surface area contributed by atoms with E-state index in [2.05, 4.69) is 26.1 Å². The number of phenolic OH excluding ortho intramolecular Hbond substituents is 1. The smallest absolute Gasteiger partial charge is 0.240 e. The highest BCUT2D eigenvalue weighted by atomic mass is 79.9. The number of aromatic nitrogens is 2. The summed E-state index contributed by atoms with van der Waals surface area (Å²) in [4.78, 5) is 4.07. The second kappa shape index (κ2) is 4.72. The lowest BCUT2D eigenvalue weighted by atomic mass is 10.2. The molecule has 0 spiro atoms. The fraction of sp³-hybridized carbons (Fsp3) is 0.200. The summed E-state index contributed by atoms with van der Waals surface area (Å²) in [6, 6.07) is 3.39. The maximum Gasteiger partial charge on any atom is 0.240 e. The number of phenols is 1. The van der Waals surface area contributed by atoms with Crippen molar-refractivity contribution in [1.82, 2.24) is 10.1 Å². The second-order valence-corrected chi connectivity index (χ2v) is 4.05. The zero-order valence-electron chi connectivity index (χ0n) is 8.98. The fourth-order valence-electron chi connectivity index (χ4n) is 1.38. The van der Waals surface area contributed by atoms with E-state index in [1.165, 1.54) is 7.11 Å². The number of nitrogens with zero attached hydrogens (tertiary/aromatic N) is 2. The summed E-state index contributed by atoms with van der Waals surface area (Å²) in [5.41, 5.74) is 5.92. The van der Waals surface area contributed by atoms with E-state index in [1.807, 2.05) is 0 Å². The zero-order chi connectivity index (χ0) is 12.4. The number of hydrogen-bond acceptors (Lipinski definition) is 6. The summed E-state index contributed by atoms with van der Waals surface area (Å²) in [7, 11) is 1.45. The van der Waals surface area contributed by atoms with Gasteiger partial charge in [0.05, 0.1) is 23.7 Å². The minimum atomic E-state index is -0.0101. The van der Waals surface area contributed by atoms with E-state index in [-0.39, 0.29) is 18.0 Å². The van der Waals surface area contributed by atoms with Gasteiger partial charge in [-0.3, -0.25) is 0 Å². The van der Waals surface area contributed by atoms with Gasteiger partial charge in [0.1, 0.15) is 0 Å². The summed E-state index contributed by atoms with van der Waals surface area (Å²) < 4.78 is 10.6. The third kappa shape index (κ3) is 2.11. The van der Waals surface area contributed by atoms with Crippen molar-refractivity contribution in [2.75, 3.05) is 7.11 Å². The van der Waals surface area contributed by atoms with Gasteiger partial charge < -0.3 is 20.1 Å². The standard InChI is InChI=1S/C10H10BrN3O3/c1-16-9-5(2-3-6(11)8(9)15)10-13-7(4-12)17-14-10/h2-3,15H,4,12H2,1H3. The molecule has 7 heteroatoms. The first-order chi connectivity index (χ1) is 8.17. The predicted octanol–water partition coefficient (Wildman–Crippen LogP) is 1.67. The van der Waals surface area contributed by atoms with Crippen LogP contribution in [-0.4, -0.2) is 22.4 Å². The molecule has 0 atom stereocenters. The molecule has 1 heterocycles. The van der Waals surface area contributed by atoms with Crippen LogP contribution in [0.5, 0.6) is 11.5 Å². The monoisotopic (exact) mass is 299 g/mol. The van der Waals surface area contributed by atoms with Crippen molar-refractivity contribution in [1.29, 1.82) is 0 Å². The summed E-state index contributed by atoms with van der Waals surface area (Å²) in [5, 5.41) is 13.6. The van der Waals surface area contributed by atoms with Crippen LogP contribution in [0.15, 0.2) is 21.1 Å². The molecule has 0 aliphatic rings. The van der Waals surface area contributed by atoms with E-state index in [4.69, 9.17) is 15.0 Å². The van der Waals surface area contributed by atoms with E-state index in [0.717, 1.165) is 0 Å². The maximum atomic E-state index is 9.82. The molecule has 1 aromatic carbocycles. The van der Waals surface area contributed by atoms with Crippen molar-refractivity contribution in [3.05, 3.63) is 22.5 Å². The molecule has 2 rings (SSSR count). The van der Waals surface area contributed by atoms with Crippen LogP contribution in [0, 0.1) is 0 Å². The van der Waals surface area contributed by atoms with Crippen molar-refractivity contribution < 1.29 is 14.4 Å². The van der Waals surface area contributed by atoms with Crippen LogP contribution in [0.1, 0.15) is 5.89 Å². The van der Waals surface area contributed by atoms with Gasteiger partial charge in [-0.25, -0.2) is 0 Å². The average Bonchev–Trinajstić information content (AvgIpc) is 2.81. The van der Waals surface area contributed by atoms with Crippen LogP contribution in [0.25, 0.3) is 11.4 Å². The average molecular weight is 300 g/mol. The molecule has 0 unspecified atom stereocenters. The highest BCUT2D eigenvalue weighted by Crippen LogP contribution is 2.40. The molecule has 1 aromatic heterocycles. The molecule has 90 valence electrons. The molecule has 0 saturated carbocycles. The molecule has 0 bridgehead atoms.